The number of aryl methyl sites for hydroxylation is 2. The lowest BCUT2D eigenvalue weighted by Gasteiger charge is -2.22. The van der Waals surface area contributed by atoms with E-state index >= 15 is 0 Å². The normalized spacial score (nSPS) is 16.3. The van der Waals surface area contributed by atoms with Gasteiger partial charge in [0.25, 0.3) is 5.91 Å². The van der Waals surface area contributed by atoms with Crippen molar-refractivity contribution in [1.29, 1.82) is 0 Å². The Hall–Kier alpha value is -3.24. The van der Waals surface area contributed by atoms with E-state index in [1.54, 1.807) is 39.0 Å². The zero-order valence-electron chi connectivity index (χ0n) is 16.9. The van der Waals surface area contributed by atoms with Crippen molar-refractivity contribution in [2.75, 3.05) is 11.5 Å². The molecule has 0 fully saturated rings. The fourth-order valence-electron chi connectivity index (χ4n) is 3.31. The number of thiazole rings is 1. The number of aromatic nitrogens is 1. The van der Waals surface area contributed by atoms with Crippen LogP contribution in [0.2, 0.25) is 0 Å². The molecule has 160 valence electrons. The van der Waals surface area contributed by atoms with Gasteiger partial charge >= 0.3 is 5.97 Å². The molecule has 3 aromatic rings. The van der Waals surface area contributed by atoms with Gasteiger partial charge in [-0.2, -0.15) is 0 Å². The number of hydrogen-bond donors (Lipinski definition) is 1. The number of carbonyl (C=O) groups is 3. The van der Waals surface area contributed by atoms with E-state index < -0.39 is 29.5 Å². The molecule has 1 N–H and O–H groups in total. The molecule has 3 aromatic heterocycles. The number of aliphatic hydroxyl groups is 1. The fraction of sp³-hybridized carbons (Fsp3) is 0.238. The third kappa shape index (κ3) is 3.57. The SMILES string of the molecule is CCOC(=O)c1sc(N2C(=O)C(O)=C(C(=O)c3ccc(C)o3)[C@@H]2c2cccs2)nc1C. The topological polar surface area (TPSA) is 110 Å². The van der Waals surface area contributed by atoms with Crippen molar-refractivity contribution in [3.8, 4) is 0 Å². The Labute approximate surface area is 185 Å². The van der Waals surface area contributed by atoms with E-state index in [-0.39, 0.29) is 27.9 Å². The first-order valence-electron chi connectivity index (χ1n) is 9.39. The first kappa shape index (κ1) is 21.0. The number of aliphatic hydroxyl groups excluding tert-OH is 1. The Kier molecular flexibility index (Phi) is 5.50. The van der Waals surface area contributed by atoms with Gasteiger partial charge in [0.2, 0.25) is 5.78 Å². The van der Waals surface area contributed by atoms with Crippen molar-refractivity contribution in [1.82, 2.24) is 4.98 Å². The van der Waals surface area contributed by atoms with Crippen LogP contribution < -0.4 is 4.90 Å². The van der Waals surface area contributed by atoms with Crippen LogP contribution in [0.1, 0.15) is 49.5 Å². The van der Waals surface area contributed by atoms with E-state index in [1.807, 2.05) is 5.38 Å². The van der Waals surface area contributed by atoms with Crippen LogP contribution in [0, 0.1) is 13.8 Å². The second-order valence-corrected chi connectivity index (χ2v) is 8.68. The van der Waals surface area contributed by atoms with E-state index in [0.29, 0.717) is 16.3 Å². The van der Waals surface area contributed by atoms with Gasteiger partial charge in [-0.3, -0.25) is 14.5 Å². The molecule has 1 aliphatic heterocycles. The molecule has 0 spiro atoms. The maximum absolute atomic E-state index is 13.2. The maximum Gasteiger partial charge on any atom is 0.350 e. The number of ketones is 1. The summed E-state index contributed by atoms with van der Waals surface area (Å²) in [5.41, 5.74) is 0.310. The number of rotatable bonds is 6. The number of esters is 1. The quantitative estimate of drug-likeness (QED) is 0.431. The van der Waals surface area contributed by atoms with Crippen LogP contribution >= 0.6 is 22.7 Å². The summed E-state index contributed by atoms with van der Waals surface area (Å²) in [5.74, 6) is -2.00. The molecule has 0 radical (unpaired) electrons. The number of amides is 1. The Balaban J connectivity index is 1.81. The molecule has 0 bridgehead atoms. The summed E-state index contributed by atoms with van der Waals surface area (Å²) in [6.07, 6.45) is 0. The second kappa shape index (κ2) is 8.12. The Morgan fingerprint density at radius 3 is 2.68 bits per heavy atom. The molecular formula is C21H18N2O6S2. The van der Waals surface area contributed by atoms with Gasteiger partial charge in [0.1, 0.15) is 16.7 Å². The average Bonchev–Trinajstić information content (AvgIpc) is 3.50. The van der Waals surface area contributed by atoms with Crippen LogP contribution in [0.4, 0.5) is 5.13 Å². The standard InChI is InChI=1S/C21H18N2O6S2/c1-4-28-20(27)18-11(3)22-21(31-18)23-15(13-6-5-9-30-13)14(17(25)19(23)26)16(24)12-8-7-10(2)29-12/h5-9,15,25H,4H2,1-3H3/t15-/m0/s1. The molecule has 0 aromatic carbocycles. The predicted octanol–water partition coefficient (Wildman–Crippen LogP) is 4.37. The molecule has 31 heavy (non-hydrogen) atoms. The van der Waals surface area contributed by atoms with Gasteiger partial charge in [0.15, 0.2) is 16.7 Å². The number of ether oxygens (including phenoxy) is 1. The van der Waals surface area contributed by atoms with Gasteiger partial charge < -0.3 is 14.3 Å². The molecule has 0 saturated carbocycles. The van der Waals surface area contributed by atoms with E-state index in [4.69, 9.17) is 9.15 Å². The van der Waals surface area contributed by atoms with Gasteiger partial charge in [-0.25, -0.2) is 9.78 Å². The van der Waals surface area contributed by atoms with E-state index in [0.717, 1.165) is 11.3 Å². The van der Waals surface area contributed by atoms with Gasteiger partial charge in [0, 0.05) is 4.88 Å². The van der Waals surface area contributed by atoms with Gasteiger partial charge in [-0.05, 0) is 44.4 Å². The molecular weight excluding hydrogens is 440 g/mol. The zero-order valence-corrected chi connectivity index (χ0v) is 18.5. The molecule has 4 heterocycles. The average molecular weight is 459 g/mol. The Morgan fingerprint density at radius 1 is 1.29 bits per heavy atom. The van der Waals surface area contributed by atoms with Crippen molar-refractivity contribution in [2.45, 2.75) is 26.8 Å². The summed E-state index contributed by atoms with van der Waals surface area (Å²) in [7, 11) is 0. The Morgan fingerprint density at radius 2 is 2.06 bits per heavy atom. The molecule has 0 saturated heterocycles. The van der Waals surface area contributed by atoms with Crippen molar-refractivity contribution in [2.24, 2.45) is 0 Å². The summed E-state index contributed by atoms with van der Waals surface area (Å²) in [6.45, 7) is 5.23. The number of carbonyl (C=O) groups excluding carboxylic acids is 3. The molecule has 4 rings (SSSR count). The number of furan rings is 1. The zero-order chi connectivity index (χ0) is 22.3. The van der Waals surface area contributed by atoms with E-state index in [1.165, 1.54) is 22.3 Å². The van der Waals surface area contributed by atoms with Crippen LogP contribution in [-0.2, 0) is 9.53 Å². The number of anilines is 1. The Bertz CT molecular complexity index is 1200. The highest BCUT2D eigenvalue weighted by Crippen LogP contribution is 2.45. The molecule has 10 heteroatoms. The van der Waals surface area contributed by atoms with Crippen LogP contribution in [0.5, 0.6) is 0 Å². The van der Waals surface area contributed by atoms with Crippen LogP contribution in [-0.4, -0.2) is 34.4 Å². The van der Waals surface area contributed by atoms with Crippen molar-refractivity contribution < 1.29 is 28.6 Å². The summed E-state index contributed by atoms with van der Waals surface area (Å²) in [6, 6.07) is 5.79. The van der Waals surface area contributed by atoms with Crippen molar-refractivity contribution in [3.63, 3.8) is 0 Å². The van der Waals surface area contributed by atoms with E-state index in [2.05, 4.69) is 4.98 Å². The minimum absolute atomic E-state index is 0.0257. The summed E-state index contributed by atoms with van der Waals surface area (Å²) >= 11 is 2.31. The molecule has 0 aliphatic carbocycles. The lowest BCUT2D eigenvalue weighted by atomic mass is 10.0. The minimum Gasteiger partial charge on any atom is -0.503 e. The molecule has 1 aliphatic rings. The largest absolute Gasteiger partial charge is 0.503 e. The number of nitrogens with zero attached hydrogens (tertiary/aromatic N) is 2. The molecule has 1 amide bonds. The maximum atomic E-state index is 13.2. The highest BCUT2D eigenvalue weighted by molar-refractivity contribution is 7.17. The lowest BCUT2D eigenvalue weighted by Crippen LogP contribution is -2.30. The van der Waals surface area contributed by atoms with Crippen molar-refractivity contribution in [3.05, 3.63) is 67.9 Å². The third-order valence-corrected chi connectivity index (χ3v) is 6.74. The van der Waals surface area contributed by atoms with Gasteiger partial charge in [-0.1, -0.05) is 17.4 Å². The predicted molar refractivity (Wildman–Crippen MR) is 115 cm³/mol. The molecule has 1 atom stereocenters. The number of hydrogen-bond acceptors (Lipinski definition) is 9. The molecule has 0 unspecified atom stereocenters. The third-order valence-electron chi connectivity index (χ3n) is 4.68. The van der Waals surface area contributed by atoms with E-state index in [9.17, 15) is 19.5 Å². The first-order chi connectivity index (χ1) is 14.8. The smallest absolute Gasteiger partial charge is 0.350 e. The highest BCUT2D eigenvalue weighted by Gasteiger charge is 2.47. The fourth-order valence-corrected chi connectivity index (χ4v) is 5.12. The van der Waals surface area contributed by atoms with Crippen LogP contribution in [0.3, 0.4) is 0 Å². The van der Waals surface area contributed by atoms with Gasteiger partial charge in [-0.15, -0.1) is 11.3 Å². The monoisotopic (exact) mass is 458 g/mol. The minimum atomic E-state index is -0.897. The summed E-state index contributed by atoms with van der Waals surface area (Å²) in [4.78, 5) is 45.0. The van der Waals surface area contributed by atoms with Gasteiger partial charge in [0.05, 0.1) is 17.9 Å². The summed E-state index contributed by atoms with van der Waals surface area (Å²) < 4.78 is 10.5. The lowest BCUT2D eigenvalue weighted by molar-refractivity contribution is -0.117. The van der Waals surface area contributed by atoms with Crippen molar-refractivity contribution >= 4 is 45.5 Å². The number of thiophene rings is 1. The van der Waals surface area contributed by atoms with Crippen LogP contribution in [0.25, 0.3) is 0 Å². The first-order valence-corrected chi connectivity index (χ1v) is 11.1. The van der Waals surface area contributed by atoms with Crippen LogP contribution in [0.15, 0.2) is 45.4 Å². The molecule has 8 nitrogen and oxygen atoms in total. The summed E-state index contributed by atoms with van der Waals surface area (Å²) in [5, 5.41) is 12.7. The highest BCUT2D eigenvalue weighted by atomic mass is 32.1. The number of Topliss-reactive ketones (excluding diaryl/α,β-unsaturated/α-hetero) is 1. The second-order valence-electron chi connectivity index (χ2n) is 6.73.